The normalized spacial score (nSPS) is 22.5. The van der Waals surface area contributed by atoms with Crippen molar-refractivity contribution in [1.29, 1.82) is 0 Å². The maximum absolute atomic E-state index is 13.4. The van der Waals surface area contributed by atoms with Gasteiger partial charge in [-0.15, -0.1) is 0 Å². The number of carbonyl (C=O) groups is 3. The van der Waals surface area contributed by atoms with Crippen molar-refractivity contribution in [2.24, 2.45) is 5.73 Å². The summed E-state index contributed by atoms with van der Waals surface area (Å²) in [4.78, 5) is 41.6. The Bertz CT molecular complexity index is 797. The number of nitrogens with one attached hydrogen (secondary N) is 1. The number of alkyl halides is 1. The topological polar surface area (TPSA) is 125 Å². The first-order chi connectivity index (χ1) is 12.8. The summed E-state index contributed by atoms with van der Waals surface area (Å²) >= 11 is 0. The first-order valence-electron chi connectivity index (χ1n) is 8.23. The Hall–Kier alpha value is -2.98. The molecule has 9 nitrogen and oxygen atoms in total. The van der Waals surface area contributed by atoms with E-state index in [1.807, 2.05) is 0 Å². The average Bonchev–Trinajstić information content (AvgIpc) is 2.87. The Kier molecular flexibility index (Phi) is 5.10. The number of hydrogen-bond donors (Lipinski definition) is 3. The second-order valence-electron chi connectivity index (χ2n) is 6.29. The largest absolute Gasteiger partial charge is 0.477 e. The highest BCUT2D eigenvalue weighted by Gasteiger charge is 2.48. The van der Waals surface area contributed by atoms with Gasteiger partial charge in [-0.05, 0) is 30.2 Å². The maximum atomic E-state index is 13.4. The summed E-state index contributed by atoms with van der Waals surface area (Å²) in [5.41, 5.74) is 7.57. The van der Waals surface area contributed by atoms with Crippen LogP contribution in [0.5, 0.6) is 0 Å². The van der Waals surface area contributed by atoms with E-state index in [9.17, 15) is 18.8 Å². The van der Waals surface area contributed by atoms with Crippen LogP contribution in [0, 0.1) is 0 Å². The lowest BCUT2D eigenvalue weighted by Gasteiger charge is -2.29. The van der Waals surface area contributed by atoms with Crippen LogP contribution in [0.2, 0.25) is 0 Å². The molecule has 2 aliphatic rings. The molecule has 27 heavy (non-hydrogen) atoms. The number of aliphatic carboxylic acids is 1. The second-order valence-corrected chi connectivity index (χ2v) is 6.29. The van der Waals surface area contributed by atoms with Gasteiger partial charge >= 0.3 is 18.4 Å². The monoisotopic (exact) mass is 378 g/mol. The van der Waals surface area contributed by atoms with Crippen molar-refractivity contribution in [3.05, 3.63) is 41.5 Å². The number of rotatable bonds is 6. The fraction of sp³-hybridized carbons (Fsp3) is 0.353. The van der Waals surface area contributed by atoms with Gasteiger partial charge in [-0.3, -0.25) is 4.79 Å². The Balaban J connectivity index is 1.74. The van der Waals surface area contributed by atoms with Crippen molar-refractivity contribution < 1.29 is 28.7 Å². The number of carboxylic acids is 1. The highest BCUT2D eigenvalue weighted by atomic mass is 19.1. The molecule has 3 rings (SSSR count). The van der Waals surface area contributed by atoms with Crippen molar-refractivity contribution in [2.75, 3.05) is 11.9 Å². The van der Waals surface area contributed by atoms with E-state index in [1.54, 1.807) is 37.3 Å². The van der Waals surface area contributed by atoms with Gasteiger partial charge in [0.25, 0.3) is 5.91 Å². The zero-order valence-corrected chi connectivity index (χ0v) is 14.5. The molecule has 0 spiro atoms. The lowest BCUT2D eigenvalue weighted by atomic mass is 10.00. The van der Waals surface area contributed by atoms with Gasteiger partial charge in [0.2, 0.25) is 0 Å². The summed E-state index contributed by atoms with van der Waals surface area (Å²) in [5, 5.41) is 12.0. The molecular formula is C17H19FN4O5. The standard InChI is InChI=1S/C17H19FN4O5/c1-9-6-12-8-21(17(26)22(12)27-14(18)16(24)25)13(9)15(23)20-11-4-2-10(7-19)3-5-11/h2-6,12-14H,7-8,19H2,1H3,(H,20,23)(H,24,25)/t12-,13+,14+/m1/s1. The van der Waals surface area contributed by atoms with Gasteiger partial charge in [0.15, 0.2) is 0 Å². The minimum Gasteiger partial charge on any atom is -0.477 e. The van der Waals surface area contributed by atoms with Gasteiger partial charge in [0, 0.05) is 12.2 Å². The Labute approximate surface area is 154 Å². The number of anilines is 1. The van der Waals surface area contributed by atoms with Crippen LogP contribution < -0.4 is 11.1 Å². The Morgan fingerprint density at radius 1 is 1.41 bits per heavy atom. The summed E-state index contributed by atoms with van der Waals surface area (Å²) < 4.78 is 13.4. The predicted octanol–water partition coefficient (Wildman–Crippen LogP) is 0.830. The van der Waals surface area contributed by atoms with E-state index < -0.39 is 36.3 Å². The summed E-state index contributed by atoms with van der Waals surface area (Å²) in [5.74, 6) is -2.27. The highest BCUT2D eigenvalue weighted by Crippen LogP contribution is 2.30. The fourth-order valence-corrected chi connectivity index (χ4v) is 3.15. The van der Waals surface area contributed by atoms with E-state index in [0.717, 1.165) is 5.56 Å². The second kappa shape index (κ2) is 7.33. The van der Waals surface area contributed by atoms with E-state index in [4.69, 9.17) is 10.8 Å². The molecule has 3 amide bonds. The Morgan fingerprint density at radius 2 is 2.07 bits per heavy atom. The van der Waals surface area contributed by atoms with Crippen LogP contribution in [0.4, 0.5) is 14.9 Å². The molecule has 10 heteroatoms. The molecule has 0 aliphatic carbocycles. The molecule has 0 radical (unpaired) electrons. The van der Waals surface area contributed by atoms with Crippen molar-refractivity contribution >= 4 is 23.6 Å². The molecule has 1 aromatic carbocycles. The third-order valence-corrected chi connectivity index (χ3v) is 4.42. The first kappa shape index (κ1) is 18.8. The molecule has 1 saturated heterocycles. The molecule has 0 saturated carbocycles. The zero-order chi connectivity index (χ0) is 19.7. The molecular weight excluding hydrogens is 359 g/mol. The number of benzene rings is 1. The van der Waals surface area contributed by atoms with Crippen LogP contribution in [-0.4, -0.2) is 58.0 Å². The van der Waals surface area contributed by atoms with Crippen LogP contribution in [-0.2, 0) is 21.0 Å². The number of urea groups is 1. The van der Waals surface area contributed by atoms with Gasteiger partial charge in [0.05, 0.1) is 12.6 Å². The average molecular weight is 378 g/mol. The van der Waals surface area contributed by atoms with Crippen LogP contribution in [0.3, 0.4) is 0 Å². The van der Waals surface area contributed by atoms with Crippen LogP contribution in [0.1, 0.15) is 12.5 Å². The van der Waals surface area contributed by atoms with Crippen molar-refractivity contribution in [2.45, 2.75) is 31.9 Å². The fourth-order valence-electron chi connectivity index (χ4n) is 3.15. The number of amides is 3. The third-order valence-electron chi connectivity index (χ3n) is 4.42. The van der Waals surface area contributed by atoms with E-state index >= 15 is 0 Å². The number of carbonyl (C=O) groups excluding carboxylic acids is 2. The van der Waals surface area contributed by atoms with Crippen molar-refractivity contribution in [3.63, 3.8) is 0 Å². The lowest BCUT2D eigenvalue weighted by molar-refractivity contribution is -0.219. The van der Waals surface area contributed by atoms with E-state index in [0.29, 0.717) is 22.9 Å². The van der Waals surface area contributed by atoms with E-state index in [-0.39, 0.29) is 6.54 Å². The number of fused-ring (bicyclic) bond motifs is 2. The number of carboxylic acid groups (broad SMARTS) is 1. The van der Waals surface area contributed by atoms with Crippen molar-refractivity contribution in [1.82, 2.24) is 9.96 Å². The van der Waals surface area contributed by atoms with Gasteiger partial charge in [-0.2, -0.15) is 5.06 Å². The molecule has 3 atom stereocenters. The summed E-state index contributed by atoms with van der Waals surface area (Å²) in [6.07, 6.45) is -1.07. The SMILES string of the molecule is CC1=C[C@@H]2CN(C(=O)N2O[C@H](F)C(=O)O)[C@@H]1C(=O)Nc1ccc(CN)cc1. The minimum absolute atomic E-state index is 0.0900. The van der Waals surface area contributed by atoms with Gasteiger partial charge in [-0.1, -0.05) is 18.2 Å². The minimum atomic E-state index is -2.67. The highest BCUT2D eigenvalue weighted by molar-refractivity contribution is 6.00. The number of hydrogen-bond acceptors (Lipinski definition) is 5. The summed E-state index contributed by atoms with van der Waals surface area (Å²) in [7, 11) is 0. The van der Waals surface area contributed by atoms with Gasteiger partial charge in [0.1, 0.15) is 6.04 Å². The number of halogens is 1. The summed E-state index contributed by atoms with van der Waals surface area (Å²) in [6, 6.07) is 4.62. The summed E-state index contributed by atoms with van der Waals surface area (Å²) in [6.45, 7) is 2.14. The molecule has 0 unspecified atom stereocenters. The maximum Gasteiger partial charge on any atom is 0.368 e. The quantitative estimate of drug-likeness (QED) is 0.630. The lowest BCUT2D eigenvalue weighted by Crippen LogP contribution is -2.47. The van der Waals surface area contributed by atoms with E-state index in [2.05, 4.69) is 10.2 Å². The molecule has 144 valence electrons. The predicted molar refractivity (Wildman–Crippen MR) is 91.9 cm³/mol. The molecule has 2 aliphatic heterocycles. The number of nitrogens with zero attached hydrogens (tertiary/aromatic N) is 2. The molecule has 4 N–H and O–H groups in total. The molecule has 2 heterocycles. The molecule has 1 aromatic rings. The van der Waals surface area contributed by atoms with Crippen LogP contribution in [0.15, 0.2) is 35.9 Å². The van der Waals surface area contributed by atoms with E-state index in [1.165, 1.54) is 4.90 Å². The number of nitrogens with two attached hydrogens (primary N) is 1. The van der Waals surface area contributed by atoms with Crippen LogP contribution in [0.25, 0.3) is 0 Å². The molecule has 0 aromatic heterocycles. The number of hydroxylamine groups is 2. The Morgan fingerprint density at radius 3 is 2.67 bits per heavy atom. The zero-order valence-electron chi connectivity index (χ0n) is 14.5. The first-order valence-corrected chi connectivity index (χ1v) is 8.23. The van der Waals surface area contributed by atoms with Crippen molar-refractivity contribution in [3.8, 4) is 0 Å². The smallest absolute Gasteiger partial charge is 0.368 e. The van der Waals surface area contributed by atoms with Gasteiger partial charge < -0.3 is 21.1 Å². The van der Waals surface area contributed by atoms with Gasteiger partial charge in [-0.25, -0.2) is 18.8 Å². The molecule has 1 fully saturated rings. The molecule has 2 bridgehead atoms. The third kappa shape index (κ3) is 3.62. The van der Waals surface area contributed by atoms with Crippen LogP contribution >= 0.6 is 0 Å².